The van der Waals surface area contributed by atoms with Gasteiger partial charge in [0.05, 0.1) is 4.92 Å². The lowest BCUT2D eigenvalue weighted by atomic mass is 9.95. The van der Waals surface area contributed by atoms with E-state index in [4.69, 9.17) is 17.3 Å². The third-order valence-corrected chi connectivity index (χ3v) is 5.36. The Morgan fingerprint density at radius 2 is 1.95 bits per heavy atom. The Bertz CT molecular complexity index is 621. The van der Waals surface area contributed by atoms with Crippen molar-refractivity contribution in [2.75, 3.05) is 6.54 Å². The number of nitro benzene ring substituents is 1. The van der Waals surface area contributed by atoms with Crippen LogP contribution in [-0.4, -0.2) is 25.4 Å². The maximum Gasteiger partial charge on any atom is 0.290 e. The lowest BCUT2D eigenvalue weighted by Crippen LogP contribution is -2.52. The van der Waals surface area contributed by atoms with Crippen LogP contribution in [0.25, 0.3) is 0 Å². The highest BCUT2D eigenvalue weighted by Gasteiger charge is 2.34. The van der Waals surface area contributed by atoms with Gasteiger partial charge in [0.25, 0.3) is 5.69 Å². The fourth-order valence-corrected chi connectivity index (χ4v) is 3.80. The lowest BCUT2D eigenvalue weighted by molar-refractivity contribution is -0.387. The molecule has 1 rings (SSSR count). The Balaban J connectivity index is 3.35. The van der Waals surface area contributed by atoms with Gasteiger partial charge in [-0.05, 0) is 25.0 Å². The second-order valence-corrected chi connectivity index (χ2v) is 6.75. The molecule has 118 valence electrons. The average molecular weight is 336 g/mol. The molecule has 0 radical (unpaired) electrons. The smallest absolute Gasteiger partial charge is 0.290 e. The minimum absolute atomic E-state index is 0.0942. The molecule has 0 amide bonds. The Kier molecular flexibility index (Phi) is 5.68. The minimum atomic E-state index is -4.08. The van der Waals surface area contributed by atoms with Gasteiger partial charge in [-0.1, -0.05) is 25.4 Å². The van der Waals surface area contributed by atoms with E-state index in [0.29, 0.717) is 12.8 Å². The van der Waals surface area contributed by atoms with Crippen LogP contribution >= 0.6 is 11.6 Å². The maximum absolute atomic E-state index is 12.4. The number of nitrogens with zero attached hydrogens (tertiary/aromatic N) is 1. The fourth-order valence-electron chi connectivity index (χ4n) is 1.93. The molecule has 0 fully saturated rings. The van der Waals surface area contributed by atoms with Crippen molar-refractivity contribution >= 4 is 27.3 Å². The van der Waals surface area contributed by atoms with Gasteiger partial charge >= 0.3 is 0 Å². The zero-order valence-corrected chi connectivity index (χ0v) is 13.4. The van der Waals surface area contributed by atoms with E-state index in [9.17, 15) is 18.5 Å². The molecule has 0 spiro atoms. The third kappa shape index (κ3) is 3.91. The summed E-state index contributed by atoms with van der Waals surface area (Å²) >= 11 is 5.69. The van der Waals surface area contributed by atoms with Crippen molar-refractivity contribution in [3.63, 3.8) is 0 Å². The van der Waals surface area contributed by atoms with Crippen LogP contribution in [0, 0.1) is 10.1 Å². The van der Waals surface area contributed by atoms with Crippen molar-refractivity contribution in [1.82, 2.24) is 4.72 Å². The molecular formula is C12H18ClN3O4S. The summed E-state index contributed by atoms with van der Waals surface area (Å²) in [5, 5.41) is 11.1. The van der Waals surface area contributed by atoms with Crippen LogP contribution in [0.15, 0.2) is 23.1 Å². The quantitative estimate of drug-likeness (QED) is 0.584. The van der Waals surface area contributed by atoms with Gasteiger partial charge in [-0.3, -0.25) is 10.1 Å². The van der Waals surface area contributed by atoms with Crippen molar-refractivity contribution in [2.45, 2.75) is 37.1 Å². The zero-order chi connectivity index (χ0) is 16.3. The first kappa shape index (κ1) is 17.8. The molecule has 0 aromatic heterocycles. The third-order valence-electron chi connectivity index (χ3n) is 3.50. The SMILES string of the molecule is CCC(CC)(CN)NS(=O)(=O)c1ccc(Cl)cc1[N+](=O)[O-]. The summed E-state index contributed by atoms with van der Waals surface area (Å²) in [4.78, 5) is 9.83. The first-order valence-electron chi connectivity index (χ1n) is 6.39. The molecule has 0 saturated carbocycles. The molecule has 3 N–H and O–H groups in total. The number of sulfonamides is 1. The molecule has 0 saturated heterocycles. The van der Waals surface area contributed by atoms with Crippen molar-refractivity contribution in [1.29, 1.82) is 0 Å². The van der Waals surface area contributed by atoms with Crippen LogP contribution in [0.5, 0.6) is 0 Å². The molecule has 0 bridgehead atoms. The Hall–Kier alpha value is -1.22. The topological polar surface area (TPSA) is 115 Å². The summed E-state index contributed by atoms with van der Waals surface area (Å²) in [6.07, 6.45) is 0.946. The van der Waals surface area contributed by atoms with E-state index in [1.54, 1.807) is 13.8 Å². The van der Waals surface area contributed by atoms with E-state index in [2.05, 4.69) is 4.72 Å². The molecule has 0 aliphatic rings. The molecule has 0 atom stereocenters. The molecule has 0 aliphatic carbocycles. The number of hydrogen-bond donors (Lipinski definition) is 2. The Morgan fingerprint density at radius 3 is 2.38 bits per heavy atom. The number of halogens is 1. The van der Waals surface area contributed by atoms with E-state index in [1.165, 1.54) is 6.07 Å². The Labute approximate surface area is 128 Å². The van der Waals surface area contributed by atoms with Gasteiger partial charge in [-0.25, -0.2) is 13.1 Å². The van der Waals surface area contributed by atoms with Crippen LogP contribution in [0.3, 0.4) is 0 Å². The highest BCUT2D eigenvalue weighted by molar-refractivity contribution is 7.89. The van der Waals surface area contributed by atoms with Gasteiger partial charge < -0.3 is 5.73 Å². The molecule has 7 nitrogen and oxygen atoms in total. The predicted molar refractivity (Wildman–Crippen MR) is 80.8 cm³/mol. The number of hydrogen-bond acceptors (Lipinski definition) is 5. The molecule has 1 aromatic carbocycles. The largest absolute Gasteiger partial charge is 0.329 e. The standard InChI is InChI=1S/C12H18ClN3O4S/c1-3-12(4-2,8-14)15-21(19,20)11-6-5-9(13)7-10(11)16(17)18/h5-7,15H,3-4,8,14H2,1-2H3. The highest BCUT2D eigenvalue weighted by Crippen LogP contribution is 2.28. The van der Waals surface area contributed by atoms with Crippen LogP contribution in [0.2, 0.25) is 5.02 Å². The zero-order valence-electron chi connectivity index (χ0n) is 11.8. The van der Waals surface area contributed by atoms with Crippen LogP contribution in [-0.2, 0) is 10.0 Å². The van der Waals surface area contributed by atoms with Gasteiger partial charge in [0, 0.05) is 23.2 Å². The van der Waals surface area contributed by atoms with Crippen LogP contribution in [0.1, 0.15) is 26.7 Å². The van der Waals surface area contributed by atoms with Gasteiger partial charge in [0.1, 0.15) is 0 Å². The molecule has 1 aromatic rings. The van der Waals surface area contributed by atoms with Crippen LogP contribution < -0.4 is 10.5 Å². The van der Waals surface area contributed by atoms with E-state index in [0.717, 1.165) is 12.1 Å². The predicted octanol–water partition coefficient (Wildman–Crippen LogP) is 2.04. The lowest BCUT2D eigenvalue weighted by Gasteiger charge is -2.30. The molecule has 0 unspecified atom stereocenters. The second-order valence-electron chi connectivity index (χ2n) is 4.67. The first-order chi connectivity index (χ1) is 9.71. The summed E-state index contributed by atoms with van der Waals surface area (Å²) in [7, 11) is -4.08. The average Bonchev–Trinajstić information content (AvgIpc) is 2.44. The molecular weight excluding hydrogens is 318 g/mol. The maximum atomic E-state index is 12.4. The van der Waals surface area contributed by atoms with Gasteiger partial charge in [0.15, 0.2) is 4.90 Å². The molecule has 0 aliphatic heterocycles. The summed E-state index contributed by atoms with van der Waals surface area (Å²) in [6, 6.07) is 3.43. The summed E-state index contributed by atoms with van der Waals surface area (Å²) in [6.45, 7) is 3.70. The van der Waals surface area contributed by atoms with Crippen LogP contribution in [0.4, 0.5) is 5.69 Å². The minimum Gasteiger partial charge on any atom is -0.329 e. The van der Waals surface area contributed by atoms with Gasteiger partial charge in [-0.2, -0.15) is 0 Å². The van der Waals surface area contributed by atoms with E-state index < -0.39 is 31.1 Å². The van der Waals surface area contributed by atoms with Gasteiger partial charge in [0.2, 0.25) is 10.0 Å². The van der Waals surface area contributed by atoms with E-state index in [1.807, 2.05) is 0 Å². The molecule has 0 heterocycles. The highest BCUT2D eigenvalue weighted by atomic mass is 35.5. The second kappa shape index (κ2) is 6.69. The summed E-state index contributed by atoms with van der Waals surface area (Å²) in [5.41, 5.74) is 4.27. The van der Waals surface area contributed by atoms with Gasteiger partial charge in [-0.15, -0.1) is 0 Å². The van der Waals surface area contributed by atoms with E-state index in [-0.39, 0.29) is 11.6 Å². The first-order valence-corrected chi connectivity index (χ1v) is 8.25. The number of rotatable bonds is 7. The number of nitrogens with one attached hydrogen (secondary N) is 1. The summed E-state index contributed by atoms with van der Waals surface area (Å²) in [5.74, 6) is 0. The monoisotopic (exact) mass is 335 g/mol. The van der Waals surface area contributed by atoms with Crippen molar-refractivity contribution < 1.29 is 13.3 Å². The normalized spacial score (nSPS) is 12.4. The summed E-state index contributed by atoms with van der Waals surface area (Å²) < 4.78 is 27.4. The fraction of sp³-hybridized carbons (Fsp3) is 0.500. The number of nitro groups is 1. The number of nitrogens with two attached hydrogens (primary N) is 1. The van der Waals surface area contributed by atoms with Crippen molar-refractivity contribution in [3.05, 3.63) is 33.3 Å². The van der Waals surface area contributed by atoms with Crippen molar-refractivity contribution in [3.8, 4) is 0 Å². The molecule has 21 heavy (non-hydrogen) atoms. The number of benzene rings is 1. The van der Waals surface area contributed by atoms with E-state index >= 15 is 0 Å². The van der Waals surface area contributed by atoms with Crippen molar-refractivity contribution in [2.24, 2.45) is 5.73 Å². The molecule has 9 heteroatoms. The Morgan fingerprint density at radius 1 is 1.38 bits per heavy atom.